The summed E-state index contributed by atoms with van der Waals surface area (Å²) in [6.45, 7) is 1.26. The number of pyridine rings is 1. The van der Waals surface area contributed by atoms with E-state index >= 15 is 0 Å². The zero-order valence-corrected chi connectivity index (χ0v) is 9.46. The monoisotopic (exact) mass is 228 g/mol. The molecule has 0 bridgehead atoms. The number of hydrogen-bond acceptors (Lipinski definition) is 5. The minimum atomic E-state index is 0.431. The third-order valence-electron chi connectivity index (χ3n) is 2.20. The number of aromatic nitrogens is 4. The summed E-state index contributed by atoms with van der Waals surface area (Å²) in [5, 5.41) is 16.1. The zero-order chi connectivity index (χ0) is 12.1. The first kappa shape index (κ1) is 11.2. The van der Waals surface area contributed by atoms with Crippen LogP contribution in [0.15, 0.2) is 24.7 Å². The Bertz CT molecular complexity index is 539. The van der Waals surface area contributed by atoms with E-state index in [4.69, 9.17) is 5.26 Å². The molecule has 0 saturated carbocycles. The first-order chi connectivity index (χ1) is 8.28. The van der Waals surface area contributed by atoms with Gasteiger partial charge in [0.15, 0.2) is 5.82 Å². The van der Waals surface area contributed by atoms with Crippen LogP contribution >= 0.6 is 0 Å². The molecule has 0 aliphatic rings. The predicted molar refractivity (Wildman–Crippen MR) is 60.5 cm³/mol. The minimum absolute atomic E-state index is 0.431. The van der Waals surface area contributed by atoms with Gasteiger partial charge in [-0.3, -0.25) is 4.68 Å². The molecule has 6 nitrogen and oxygen atoms in total. The van der Waals surface area contributed by atoms with Crippen LogP contribution in [0.1, 0.15) is 17.1 Å². The molecule has 1 N–H and O–H groups in total. The molecule has 2 aromatic heterocycles. The van der Waals surface area contributed by atoms with Gasteiger partial charge in [0.2, 0.25) is 0 Å². The third kappa shape index (κ3) is 3.09. The van der Waals surface area contributed by atoms with Crippen LogP contribution in [0.2, 0.25) is 0 Å². The van der Waals surface area contributed by atoms with E-state index in [0.717, 1.165) is 11.4 Å². The van der Waals surface area contributed by atoms with Crippen molar-refractivity contribution in [2.75, 3.05) is 0 Å². The Hall–Kier alpha value is -2.26. The van der Waals surface area contributed by atoms with E-state index in [1.807, 2.05) is 19.2 Å². The lowest BCUT2D eigenvalue weighted by Crippen LogP contribution is -2.14. The Morgan fingerprint density at radius 1 is 1.41 bits per heavy atom. The van der Waals surface area contributed by atoms with Crippen molar-refractivity contribution in [1.29, 1.82) is 5.26 Å². The zero-order valence-electron chi connectivity index (χ0n) is 9.46. The fraction of sp³-hybridized carbons (Fsp3) is 0.273. The molecule has 0 atom stereocenters. The lowest BCUT2D eigenvalue weighted by Gasteiger charge is -2.02. The van der Waals surface area contributed by atoms with Gasteiger partial charge in [0.25, 0.3) is 0 Å². The van der Waals surface area contributed by atoms with Crippen molar-refractivity contribution >= 4 is 0 Å². The molecule has 0 aromatic carbocycles. The van der Waals surface area contributed by atoms with Crippen molar-refractivity contribution in [2.45, 2.75) is 13.1 Å². The molecule has 0 unspecified atom stereocenters. The first-order valence-electron chi connectivity index (χ1n) is 5.18. The highest BCUT2D eigenvalue weighted by atomic mass is 15.3. The highest BCUT2D eigenvalue weighted by Crippen LogP contribution is 2.00. The van der Waals surface area contributed by atoms with E-state index in [9.17, 15) is 0 Å². The summed E-state index contributed by atoms with van der Waals surface area (Å²) >= 11 is 0. The van der Waals surface area contributed by atoms with Crippen molar-refractivity contribution in [2.24, 2.45) is 7.05 Å². The molecule has 6 heteroatoms. The summed E-state index contributed by atoms with van der Waals surface area (Å²) in [6.07, 6.45) is 3.30. The van der Waals surface area contributed by atoms with Crippen LogP contribution in [0.25, 0.3) is 0 Å². The van der Waals surface area contributed by atoms with E-state index in [1.54, 1.807) is 23.3 Å². The van der Waals surface area contributed by atoms with Crippen LogP contribution in [0, 0.1) is 11.3 Å². The van der Waals surface area contributed by atoms with Crippen molar-refractivity contribution in [3.05, 3.63) is 41.7 Å². The summed E-state index contributed by atoms with van der Waals surface area (Å²) in [7, 11) is 1.83. The predicted octanol–water partition coefficient (Wildman–Crippen LogP) is 0.372. The lowest BCUT2D eigenvalue weighted by molar-refractivity contribution is 0.648. The molecule has 86 valence electrons. The van der Waals surface area contributed by atoms with Crippen LogP contribution in [0.5, 0.6) is 0 Å². The fourth-order valence-electron chi connectivity index (χ4n) is 1.43. The molecule has 0 aliphatic carbocycles. The Morgan fingerprint density at radius 2 is 2.29 bits per heavy atom. The molecule has 0 spiro atoms. The molecule has 0 fully saturated rings. The molecule has 2 heterocycles. The average Bonchev–Trinajstić information content (AvgIpc) is 2.75. The largest absolute Gasteiger partial charge is 0.306 e. The van der Waals surface area contributed by atoms with Crippen molar-refractivity contribution < 1.29 is 0 Å². The van der Waals surface area contributed by atoms with Gasteiger partial charge in [-0.2, -0.15) is 10.4 Å². The maximum Gasteiger partial charge on any atom is 0.164 e. The van der Waals surface area contributed by atoms with E-state index in [0.29, 0.717) is 18.8 Å². The fourth-order valence-corrected chi connectivity index (χ4v) is 1.43. The van der Waals surface area contributed by atoms with E-state index in [-0.39, 0.29) is 0 Å². The Morgan fingerprint density at radius 3 is 3.00 bits per heavy atom. The highest BCUT2D eigenvalue weighted by Gasteiger charge is 1.99. The quantitative estimate of drug-likeness (QED) is 0.818. The van der Waals surface area contributed by atoms with Crippen LogP contribution < -0.4 is 5.32 Å². The first-order valence-corrected chi connectivity index (χ1v) is 5.18. The highest BCUT2D eigenvalue weighted by molar-refractivity contribution is 5.25. The average molecular weight is 228 g/mol. The van der Waals surface area contributed by atoms with Gasteiger partial charge < -0.3 is 5.32 Å². The van der Waals surface area contributed by atoms with Crippen LogP contribution in [0.4, 0.5) is 0 Å². The van der Waals surface area contributed by atoms with Crippen LogP contribution in [-0.4, -0.2) is 19.7 Å². The molecule has 0 amide bonds. The molecule has 0 aliphatic heterocycles. The van der Waals surface area contributed by atoms with E-state index in [2.05, 4.69) is 20.4 Å². The van der Waals surface area contributed by atoms with Gasteiger partial charge in [0.05, 0.1) is 6.54 Å². The van der Waals surface area contributed by atoms with Crippen molar-refractivity contribution in [3.8, 4) is 6.07 Å². The van der Waals surface area contributed by atoms with Crippen molar-refractivity contribution in [3.63, 3.8) is 0 Å². The van der Waals surface area contributed by atoms with Gasteiger partial charge >= 0.3 is 0 Å². The maximum absolute atomic E-state index is 8.71. The topological polar surface area (TPSA) is 79.4 Å². The van der Waals surface area contributed by atoms with E-state index < -0.39 is 0 Å². The Balaban J connectivity index is 1.88. The smallest absolute Gasteiger partial charge is 0.164 e. The molecular formula is C11H12N6. The molecule has 2 aromatic rings. The summed E-state index contributed by atoms with van der Waals surface area (Å²) in [5.41, 5.74) is 1.45. The number of rotatable bonds is 4. The number of nitrogens with zero attached hydrogens (tertiary/aromatic N) is 5. The summed E-state index contributed by atoms with van der Waals surface area (Å²) in [5.74, 6) is 0.752. The number of nitriles is 1. The number of hydrogen-bond donors (Lipinski definition) is 1. The summed E-state index contributed by atoms with van der Waals surface area (Å²) in [4.78, 5) is 8.02. The van der Waals surface area contributed by atoms with Gasteiger partial charge in [-0.1, -0.05) is 0 Å². The summed E-state index contributed by atoms with van der Waals surface area (Å²) in [6, 6.07) is 5.65. The Kier molecular flexibility index (Phi) is 3.43. The van der Waals surface area contributed by atoms with Crippen LogP contribution in [-0.2, 0) is 20.1 Å². The second-order valence-corrected chi connectivity index (χ2v) is 3.60. The minimum Gasteiger partial charge on any atom is -0.306 e. The maximum atomic E-state index is 8.71. The van der Waals surface area contributed by atoms with Gasteiger partial charge in [-0.05, 0) is 17.7 Å². The molecule has 0 saturated heterocycles. The summed E-state index contributed by atoms with van der Waals surface area (Å²) < 4.78 is 1.66. The SMILES string of the molecule is Cn1cnc(CNCc2ccnc(C#N)c2)n1. The lowest BCUT2D eigenvalue weighted by atomic mass is 10.2. The number of aryl methyl sites for hydroxylation is 1. The molecule has 2 rings (SSSR count). The third-order valence-corrected chi connectivity index (χ3v) is 2.20. The van der Waals surface area contributed by atoms with Gasteiger partial charge in [0.1, 0.15) is 18.1 Å². The van der Waals surface area contributed by atoms with Crippen LogP contribution in [0.3, 0.4) is 0 Å². The van der Waals surface area contributed by atoms with E-state index in [1.165, 1.54) is 0 Å². The molecule has 17 heavy (non-hydrogen) atoms. The molecular weight excluding hydrogens is 216 g/mol. The second-order valence-electron chi connectivity index (χ2n) is 3.60. The second kappa shape index (κ2) is 5.18. The normalized spacial score (nSPS) is 10.1. The number of nitrogens with one attached hydrogen (secondary N) is 1. The Labute approximate surface area is 98.9 Å². The van der Waals surface area contributed by atoms with Crippen molar-refractivity contribution in [1.82, 2.24) is 25.1 Å². The standard InChI is InChI=1S/C11H12N6/c1-17-8-15-11(16-17)7-13-6-9-2-3-14-10(4-9)5-12/h2-4,8,13H,6-7H2,1H3. The van der Waals surface area contributed by atoms with Gasteiger partial charge in [-0.15, -0.1) is 0 Å². The van der Waals surface area contributed by atoms with Gasteiger partial charge in [0, 0.05) is 19.8 Å². The van der Waals surface area contributed by atoms with Gasteiger partial charge in [-0.25, -0.2) is 9.97 Å². The molecule has 0 radical (unpaired) electrons.